The number of carbonyl (C=O) groups is 2. The summed E-state index contributed by atoms with van der Waals surface area (Å²) < 4.78 is 0. The highest BCUT2D eigenvalue weighted by atomic mass is 16.2. The van der Waals surface area contributed by atoms with Gasteiger partial charge < -0.3 is 10.2 Å². The maximum atomic E-state index is 11.5. The molecule has 2 amide bonds. The lowest BCUT2D eigenvalue weighted by molar-refractivity contribution is -0.135. The molecule has 1 N–H and O–H groups in total. The molecule has 4 nitrogen and oxygen atoms in total. The lowest BCUT2D eigenvalue weighted by Crippen LogP contribution is -2.46. The van der Waals surface area contributed by atoms with E-state index in [1.54, 1.807) is 7.05 Å². The summed E-state index contributed by atoms with van der Waals surface area (Å²) in [4.78, 5) is 24.3. The third-order valence-electron chi connectivity index (χ3n) is 1.78. The van der Waals surface area contributed by atoms with E-state index in [2.05, 4.69) is 5.32 Å². The van der Waals surface area contributed by atoms with Gasteiger partial charge in [-0.25, -0.2) is 0 Å². The van der Waals surface area contributed by atoms with E-state index in [0.717, 1.165) is 6.42 Å². The first kappa shape index (κ1) is 13.9. The Morgan fingerprint density at radius 3 is 2.20 bits per heavy atom. The summed E-state index contributed by atoms with van der Waals surface area (Å²) in [5.74, 6) is -0.101. The van der Waals surface area contributed by atoms with Crippen molar-refractivity contribution in [3.8, 4) is 0 Å². The van der Waals surface area contributed by atoms with Gasteiger partial charge in [-0.05, 0) is 27.2 Å². The topological polar surface area (TPSA) is 49.4 Å². The molecular weight excluding hydrogens is 192 g/mol. The SMILES string of the molecule is CCCC(=O)N(C)CC(=O)NC(C)(C)C. The predicted molar refractivity (Wildman–Crippen MR) is 60.4 cm³/mol. The van der Waals surface area contributed by atoms with Crippen molar-refractivity contribution < 1.29 is 9.59 Å². The molecule has 0 aromatic rings. The second-order valence-corrected chi connectivity index (χ2v) is 4.80. The largest absolute Gasteiger partial charge is 0.350 e. The minimum Gasteiger partial charge on any atom is -0.350 e. The van der Waals surface area contributed by atoms with Crippen LogP contribution in [0.1, 0.15) is 40.5 Å². The van der Waals surface area contributed by atoms with Crippen LogP contribution in [0, 0.1) is 0 Å². The predicted octanol–water partition coefficient (Wildman–Crippen LogP) is 1.16. The van der Waals surface area contributed by atoms with Gasteiger partial charge >= 0.3 is 0 Å². The summed E-state index contributed by atoms with van der Waals surface area (Å²) in [6.45, 7) is 7.83. The first-order valence-electron chi connectivity index (χ1n) is 5.31. The van der Waals surface area contributed by atoms with Crippen LogP contribution in [0.25, 0.3) is 0 Å². The van der Waals surface area contributed by atoms with E-state index in [1.807, 2.05) is 27.7 Å². The van der Waals surface area contributed by atoms with Crippen molar-refractivity contribution in [2.45, 2.75) is 46.1 Å². The van der Waals surface area contributed by atoms with Gasteiger partial charge in [0, 0.05) is 19.0 Å². The number of hydrogen-bond acceptors (Lipinski definition) is 2. The molecule has 88 valence electrons. The molecule has 0 saturated carbocycles. The highest BCUT2D eigenvalue weighted by Gasteiger charge is 2.16. The van der Waals surface area contributed by atoms with Crippen LogP contribution >= 0.6 is 0 Å². The first-order chi connectivity index (χ1) is 6.76. The Labute approximate surface area is 92.0 Å². The van der Waals surface area contributed by atoms with Crippen LogP contribution in [0.4, 0.5) is 0 Å². The van der Waals surface area contributed by atoms with Gasteiger partial charge in [0.2, 0.25) is 11.8 Å². The average molecular weight is 214 g/mol. The maximum absolute atomic E-state index is 11.5. The van der Waals surface area contributed by atoms with Gasteiger partial charge in [-0.2, -0.15) is 0 Å². The van der Waals surface area contributed by atoms with Crippen molar-refractivity contribution in [2.75, 3.05) is 13.6 Å². The number of amides is 2. The number of nitrogens with zero attached hydrogens (tertiary/aromatic N) is 1. The number of hydrogen-bond donors (Lipinski definition) is 1. The molecule has 15 heavy (non-hydrogen) atoms. The van der Waals surface area contributed by atoms with Crippen molar-refractivity contribution in [1.29, 1.82) is 0 Å². The van der Waals surface area contributed by atoms with E-state index < -0.39 is 0 Å². The fourth-order valence-electron chi connectivity index (χ4n) is 1.17. The Morgan fingerprint density at radius 2 is 1.80 bits per heavy atom. The van der Waals surface area contributed by atoms with E-state index in [-0.39, 0.29) is 23.9 Å². The number of nitrogens with one attached hydrogen (secondary N) is 1. The van der Waals surface area contributed by atoms with E-state index >= 15 is 0 Å². The fourth-order valence-corrected chi connectivity index (χ4v) is 1.17. The summed E-state index contributed by atoms with van der Waals surface area (Å²) >= 11 is 0. The Balaban J connectivity index is 4.02. The Morgan fingerprint density at radius 1 is 1.27 bits per heavy atom. The number of rotatable bonds is 4. The molecule has 4 heteroatoms. The highest BCUT2D eigenvalue weighted by molar-refractivity contribution is 5.84. The highest BCUT2D eigenvalue weighted by Crippen LogP contribution is 1.99. The molecule has 0 atom stereocenters. The molecule has 0 spiro atoms. The average Bonchev–Trinajstić information content (AvgIpc) is 2.00. The second-order valence-electron chi connectivity index (χ2n) is 4.80. The maximum Gasteiger partial charge on any atom is 0.240 e. The van der Waals surface area contributed by atoms with Gasteiger partial charge in [0.15, 0.2) is 0 Å². The van der Waals surface area contributed by atoms with Crippen molar-refractivity contribution in [1.82, 2.24) is 10.2 Å². The van der Waals surface area contributed by atoms with Crippen molar-refractivity contribution >= 4 is 11.8 Å². The molecule has 0 aromatic carbocycles. The molecule has 0 radical (unpaired) electrons. The van der Waals surface area contributed by atoms with E-state index in [0.29, 0.717) is 6.42 Å². The smallest absolute Gasteiger partial charge is 0.240 e. The van der Waals surface area contributed by atoms with E-state index in [9.17, 15) is 9.59 Å². The zero-order valence-corrected chi connectivity index (χ0v) is 10.4. The van der Waals surface area contributed by atoms with Gasteiger partial charge in [0.25, 0.3) is 0 Å². The number of likely N-dealkylation sites (N-methyl/N-ethyl adjacent to an activating group) is 1. The zero-order valence-electron chi connectivity index (χ0n) is 10.4. The van der Waals surface area contributed by atoms with Crippen LogP contribution < -0.4 is 5.32 Å². The van der Waals surface area contributed by atoms with Crippen molar-refractivity contribution in [3.05, 3.63) is 0 Å². The van der Waals surface area contributed by atoms with Gasteiger partial charge in [-0.3, -0.25) is 9.59 Å². The van der Waals surface area contributed by atoms with Crippen LogP contribution in [-0.4, -0.2) is 35.8 Å². The zero-order chi connectivity index (χ0) is 12.1. The van der Waals surface area contributed by atoms with Gasteiger partial charge in [-0.15, -0.1) is 0 Å². The quantitative estimate of drug-likeness (QED) is 0.763. The minimum atomic E-state index is -0.244. The van der Waals surface area contributed by atoms with Crippen LogP contribution in [0.5, 0.6) is 0 Å². The van der Waals surface area contributed by atoms with Crippen LogP contribution in [0.3, 0.4) is 0 Å². The fraction of sp³-hybridized carbons (Fsp3) is 0.818. The lowest BCUT2D eigenvalue weighted by Gasteiger charge is -2.23. The normalized spacial score (nSPS) is 11.0. The second kappa shape index (κ2) is 5.73. The molecule has 0 aliphatic rings. The molecule has 0 fully saturated rings. The molecule has 0 aliphatic carbocycles. The Kier molecular flexibility index (Phi) is 5.33. The van der Waals surface area contributed by atoms with E-state index in [4.69, 9.17) is 0 Å². The van der Waals surface area contributed by atoms with Crippen LogP contribution in [0.15, 0.2) is 0 Å². The molecule has 0 saturated heterocycles. The molecule has 0 heterocycles. The first-order valence-corrected chi connectivity index (χ1v) is 5.31. The monoisotopic (exact) mass is 214 g/mol. The lowest BCUT2D eigenvalue weighted by atomic mass is 10.1. The van der Waals surface area contributed by atoms with Gasteiger partial charge in [-0.1, -0.05) is 6.92 Å². The third-order valence-corrected chi connectivity index (χ3v) is 1.78. The molecule has 0 bridgehead atoms. The summed E-state index contributed by atoms with van der Waals surface area (Å²) in [5.41, 5.74) is -0.244. The number of carbonyl (C=O) groups excluding carboxylic acids is 2. The van der Waals surface area contributed by atoms with Gasteiger partial charge in [0.05, 0.1) is 6.54 Å². The molecule has 0 unspecified atom stereocenters. The summed E-state index contributed by atoms with van der Waals surface area (Å²) in [7, 11) is 1.65. The summed E-state index contributed by atoms with van der Waals surface area (Å²) in [6.07, 6.45) is 1.31. The standard InChI is InChI=1S/C11H22N2O2/c1-6-7-10(15)13(5)8-9(14)12-11(2,3)4/h6-8H2,1-5H3,(H,12,14). The minimum absolute atomic E-state index is 0.0153. The molecule has 0 rings (SSSR count). The van der Waals surface area contributed by atoms with Crippen molar-refractivity contribution in [3.63, 3.8) is 0 Å². The van der Waals surface area contributed by atoms with E-state index in [1.165, 1.54) is 4.90 Å². The summed E-state index contributed by atoms with van der Waals surface area (Å²) in [5, 5.41) is 2.81. The Bertz CT molecular complexity index is 231. The molecular formula is C11H22N2O2. The molecule has 0 aromatic heterocycles. The van der Waals surface area contributed by atoms with Crippen LogP contribution in [-0.2, 0) is 9.59 Å². The van der Waals surface area contributed by atoms with Crippen LogP contribution in [0.2, 0.25) is 0 Å². The van der Waals surface area contributed by atoms with Crippen molar-refractivity contribution in [2.24, 2.45) is 0 Å². The van der Waals surface area contributed by atoms with Gasteiger partial charge in [0.1, 0.15) is 0 Å². The Hall–Kier alpha value is -1.06. The molecule has 0 aliphatic heterocycles. The summed E-state index contributed by atoms with van der Waals surface area (Å²) in [6, 6.07) is 0. The third kappa shape index (κ3) is 6.94.